The van der Waals surface area contributed by atoms with Crippen molar-refractivity contribution in [3.05, 3.63) is 57.3 Å². The highest BCUT2D eigenvalue weighted by Crippen LogP contribution is 2.27. The number of rotatable bonds is 0. The molecule has 1 aromatic carbocycles. The summed E-state index contributed by atoms with van der Waals surface area (Å²) in [5.74, 6) is 0. The Morgan fingerprint density at radius 2 is 1.89 bits per heavy atom. The molecule has 0 saturated carbocycles. The van der Waals surface area contributed by atoms with E-state index in [2.05, 4.69) is 10.3 Å². The second-order valence-corrected chi connectivity index (χ2v) is 4.95. The standard InChI is InChI=1S/C14H10Cl2N2/c15-12-3-4-13-9(5-12)1-2-10-7-18-14(16)6-11(10)8-17-13/h1-7,17H,8H2/b2-1-. The molecule has 0 spiro atoms. The van der Waals surface area contributed by atoms with Gasteiger partial charge in [0.15, 0.2) is 0 Å². The Hall–Kier alpha value is -1.51. The zero-order chi connectivity index (χ0) is 12.5. The maximum atomic E-state index is 6.00. The predicted molar refractivity (Wildman–Crippen MR) is 77.0 cm³/mol. The van der Waals surface area contributed by atoms with Crippen LogP contribution in [0.1, 0.15) is 16.7 Å². The number of pyridine rings is 1. The maximum Gasteiger partial charge on any atom is 0.129 e. The molecule has 3 rings (SSSR count). The minimum Gasteiger partial charge on any atom is -0.380 e. The first-order chi connectivity index (χ1) is 8.72. The molecule has 90 valence electrons. The summed E-state index contributed by atoms with van der Waals surface area (Å²) in [6.45, 7) is 0.719. The van der Waals surface area contributed by atoms with Crippen LogP contribution in [0.2, 0.25) is 10.2 Å². The van der Waals surface area contributed by atoms with Crippen molar-refractivity contribution in [2.24, 2.45) is 0 Å². The molecular weight excluding hydrogens is 267 g/mol. The smallest absolute Gasteiger partial charge is 0.129 e. The Bertz CT molecular complexity index is 636. The highest BCUT2D eigenvalue weighted by Gasteiger charge is 2.08. The molecule has 1 aliphatic rings. The van der Waals surface area contributed by atoms with Crippen molar-refractivity contribution in [2.75, 3.05) is 5.32 Å². The summed E-state index contributed by atoms with van der Waals surface area (Å²) in [7, 11) is 0. The molecule has 2 nitrogen and oxygen atoms in total. The largest absolute Gasteiger partial charge is 0.380 e. The van der Waals surface area contributed by atoms with Crippen LogP contribution in [0, 0.1) is 0 Å². The van der Waals surface area contributed by atoms with Crippen molar-refractivity contribution >= 4 is 41.0 Å². The van der Waals surface area contributed by atoms with Gasteiger partial charge in [0, 0.05) is 23.5 Å². The lowest BCUT2D eigenvalue weighted by Crippen LogP contribution is -2.05. The van der Waals surface area contributed by atoms with Gasteiger partial charge in [0.25, 0.3) is 0 Å². The third-order valence-corrected chi connectivity index (χ3v) is 3.36. The number of hydrogen-bond acceptors (Lipinski definition) is 2. The van der Waals surface area contributed by atoms with Crippen LogP contribution in [0.25, 0.3) is 12.2 Å². The van der Waals surface area contributed by atoms with Crippen molar-refractivity contribution in [2.45, 2.75) is 6.54 Å². The molecule has 0 unspecified atom stereocenters. The first-order valence-corrected chi connectivity index (χ1v) is 6.34. The summed E-state index contributed by atoms with van der Waals surface area (Å²) in [5.41, 5.74) is 4.33. The van der Waals surface area contributed by atoms with Gasteiger partial charge in [-0.05, 0) is 41.0 Å². The van der Waals surface area contributed by atoms with Crippen molar-refractivity contribution in [1.29, 1.82) is 0 Å². The van der Waals surface area contributed by atoms with Crippen molar-refractivity contribution < 1.29 is 0 Å². The highest BCUT2D eigenvalue weighted by molar-refractivity contribution is 6.31. The van der Waals surface area contributed by atoms with Gasteiger partial charge in [-0.1, -0.05) is 35.4 Å². The summed E-state index contributed by atoms with van der Waals surface area (Å²) in [6, 6.07) is 7.68. The van der Waals surface area contributed by atoms with Crippen LogP contribution in [0.3, 0.4) is 0 Å². The van der Waals surface area contributed by atoms with Gasteiger partial charge in [-0.15, -0.1) is 0 Å². The van der Waals surface area contributed by atoms with E-state index in [0.717, 1.165) is 33.9 Å². The molecule has 0 aliphatic carbocycles. The van der Waals surface area contributed by atoms with Crippen LogP contribution in [0.5, 0.6) is 0 Å². The highest BCUT2D eigenvalue weighted by atomic mass is 35.5. The van der Waals surface area contributed by atoms with Crippen molar-refractivity contribution in [3.63, 3.8) is 0 Å². The molecule has 0 saturated heterocycles. The van der Waals surface area contributed by atoms with Crippen LogP contribution in [0.4, 0.5) is 5.69 Å². The van der Waals surface area contributed by atoms with E-state index in [0.29, 0.717) is 5.15 Å². The van der Waals surface area contributed by atoms with E-state index in [4.69, 9.17) is 23.2 Å². The second-order valence-electron chi connectivity index (χ2n) is 4.12. The van der Waals surface area contributed by atoms with Crippen molar-refractivity contribution in [3.8, 4) is 0 Å². The van der Waals surface area contributed by atoms with E-state index in [-0.39, 0.29) is 0 Å². The first kappa shape index (κ1) is 11.6. The Kier molecular flexibility index (Phi) is 2.98. The van der Waals surface area contributed by atoms with Crippen LogP contribution in [-0.2, 0) is 6.54 Å². The van der Waals surface area contributed by atoms with E-state index in [1.165, 1.54) is 0 Å². The van der Waals surface area contributed by atoms with E-state index in [9.17, 15) is 0 Å². The lowest BCUT2D eigenvalue weighted by atomic mass is 10.0. The average molecular weight is 277 g/mol. The number of hydrogen-bond donors (Lipinski definition) is 1. The molecule has 0 bridgehead atoms. The Morgan fingerprint density at radius 1 is 1.06 bits per heavy atom. The summed E-state index contributed by atoms with van der Waals surface area (Å²) in [5, 5.41) is 4.63. The number of fused-ring (bicyclic) bond motifs is 2. The molecule has 2 aromatic rings. The number of nitrogens with zero attached hydrogens (tertiary/aromatic N) is 1. The molecule has 2 heterocycles. The van der Waals surface area contributed by atoms with Gasteiger partial charge in [-0.3, -0.25) is 0 Å². The van der Waals surface area contributed by atoms with Gasteiger partial charge >= 0.3 is 0 Å². The van der Waals surface area contributed by atoms with Gasteiger partial charge in [-0.25, -0.2) is 4.98 Å². The Morgan fingerprint density at radius 3 is 2.78 bits per heavy atom. The summed E-state index contributed by atoms with van der Waals surface area (Å²) in [6.07, 6.45) is 5.85. The fraction of sp³-hybridized carbons (Fsp3) is 0.0714. The van der Waals surface area contributed by atoms with Crippen molar-refractivity contribution in [1.82, 2.24) is 4.98 Å². The van der Waals surface area contributed by atoms with Gasteiger partial charge in [0.2, 0.25) is 0 Å². The molecule has 1 N–H and O–H groups in total. The van der Waals surface area contributed by atoms with E-state index in [1.54, 1.807) is 6.20 Å². The number of halogens is 2. The molecule has 4 heteroatoms. The SMILES string of the molecule is Clc1ccc2c(c1)/C=C\c1cnc(Cl)cc1CN2. The summed E-state index contributed by atoms with van der Waals surface area (Å²) in [4.78, 5) is 4.10. The number of aromatic nitrogens is 1. The van der Waals surface area contributed by atoms with Gasteiger partial charge in [0.05, 0.1) is 0 Å². The zero-order valence-corrected chi connectivity index (χ0v) is 11.0. The topological polar surface area (TPSA) is 24.9 Å². The van der Waals surface area contributed by atoms with E-state index >= 15 is 0 Å². The molecule has 18 heavy (non-hydrogen) atoms. The lowest BCUT2D eigenvalue weighted by molar-refractivity contribution is 1.11. The minimum absolute atomic E-state index is 0.515. The quantitative estimate of drug-likeness (QED) is 0.718. The Labute approximate surface area is 115 Å². The molecule has 0 atom stereocenters. The molecule has 1 aliphatic heterocycles. The number of nitrogens with one attached hydrogen (secondary N) is 1. The fourth-order valence-electron chi connectivity index (χ4n) is 1.98. The van der Waals surface area contributed by atoms with Gasteiger partial charge < -0.3 is 5.32 Å². The zero-order valence-electron chi connectivity index (χ0n) is 9.45. The Balaban J connectivity index is 2.09. The van der Waals surface area contributed by atoms with E-state index in [1.807, 2.05) is 36.4 Å². The van der Waals surface area contributed by atoms with Crippen LogP contribution >= 0.6 is 23.2 Å². The number of benzene rings is 1. The van der Waals surface area contributed by atoms with Crippen LogP contribution in [-0.4, -0.2) is 4.98 Å². The minimum atomic E-state index is 0.515. The fourth-order valence-corrected chi connectivity index (χ4v) is 2.35. The molecule has 0 amide bonds. The van der Waals surface area contributed by atoms with E-state index < -0.39 is 0 Å². The van der Waals surface area contributed by atoms with Crippen LogP contribution in [0.15, 0.2) is 30.5 Å². The molecule has 0 fully saturated rings. The molecule has 0 radical (unpaired) electrons. The normalized spacial score (nSPS) is 14.8. The first-order valence-electron chi connectivity index (χ1n) is 5.58. The lowest BCUT2D eigenvalue weighted by Gasteiger charge is -2.15. The predicted octanol–water partition coefficient (Wildman–Crippen LogP) is 4.48. The van der Waals surface area contributed by atoms with Gasteiger partial charge in [-0.2, -0.15) is 0 Å². The third-order valence-electron chi connectivity index (χ3n) is 2.92. The number of anilines is 1. The average Bonchev–Trinajstić information content (AvgIpc) is 2.34. The molecule has 1 aromatic heterocycles. The van der Waals surface area contributed by atoms with Gasteiger partial charge in [0.1, 0.15) is 5.15 Å². The summed E-state index contributed by atoms with van der Waals surface area (Å²) >= 11 is 11.9. The third kappa shape index (κ3) is 2.22. The monoisotopic (exact) mass is 276 g/mol. The second kappa shape index (κ2) is 4.63. The van der Waals surface area contributed by atoms with Crippen LogP contribution < -0.4 is 5.32 Å². The summed E-state index contributed by atoms with van der Waals surface area (Å²) < 4.78 is 0. The molecular formula is C14H10Cl2N2. The maximum absolute atomic E-state index is 6.00.